The van der Waals surface area contributed by atoms with Crippen LogP contribution in [0.15, 0.2) is 0 Å². The summed E-state index contributed by atoms with van der Waals surface area (Å²) in [6, 6.07) is -3.50. The van der Waals surface area contributed by atoms with Gasteiger partial charge in [-0.3, -0.25) is 9.59 Å². The monoisotopic (exact) mass is 405 g/mol. The minimum atomic E-state index is -1.16. The zero-order valence-electron chi connectivity index (χ0n) is 16.0. The number of rotatable bonds is 13. The van der Waals surface area contributed by atoms with E-state index in [1.807, 2.05) is 6.26 Å². The number of aliphatic carboxylic acids is 1. The first kappa shape index (κ1) is 25.0. The summed E-state index contributed by atoms with van der Waals surface area (Å²) >= 11 is 1.55. The second-order valence-corrected chi connectivity index (χ2v) is 7.44. The Morgan fingerprint density at radius 2 is 1.70 bits per heavy atom. The van der Waals surface area contributed by atoms with Crippen molar-refractivity contribution in [3.05, 3.63) is 0 Å². The quantitative estimate of drug-likeness (QED) is 0.218. The molecule has 0 aromatic heterocycles. The molecule has 3 atom stereocenters. The molecule has 0 aromatic carbocycles. The van der Waals surface area contributed by atoms with Crippen LogP contribution in [0.3, 0.4) is 0 Å². The molecule has 0 fully saturated rings. The van der Waals surface area contributed by atoms with Crippen LogP contribution in [-0.2, 0) is 14.4 Å². The summed E-state index contributed by atoms with van der Waals surface area (Å²) in [4.78, 5) is 46.8. The van der Waals surface area contributed by atoms with Crippen molar-refractivity contribution >= 4 is 35.6 Å². The molecule has 0 spiro atoms. The van der Waals surface area contributed by atoms with Gasteiger partial charge in [-0.15, -0.1) is 0 Å². The average Bonchev–Trinajstić information content (AvgIpc) is 2.58. The number of nitrogens with two attached hydrogens (primary N) is 2. The van der Waals surface area contributed by atoms with Gasteiger partial charge in [0.25, 0.3) is 0 Å². The highest BCUT2D eigenvalue weighted by atomic mass is 32.2. The van der Waals surface area contributed by atoms with Crippen molar-refractivity contribution in [2.24, 2.45) is 17.4 Å². The number of carbonyl (C=O) groups is 4. The van der Waals surface area contributed by atoms with Gasteiger partial charge in [0.05, 0.1) is 6.04 Å². The van der Waals surface area contributed by atoms with E-state index in [1.54, 1.807) is 25.6 Å². The second kappa shape index (κ2) is 13.2. The molecule has 0 radical (unpaired) electrons. The van der Waals surface area contributed by atoms with Crippen molar-refractivity contribution in [2.75, 3.05) is 18.6 Å². The van der Waals surface area contributed by atoms with Crippen LogP contribution in [0, 0.1) is 5.92 Å². The molecule has 8 N–H and O–H groups in total. The van der Waals surface area contributed by atoms with Crippen molar-refractivity contribution in [3.63, 3.8) is 0 Å². The maximum absolute atomic E-state index is 12.5. The van der Waals surface area contributed by atoms with Crippen LogP contribution in [0.5, 0.6) is 0 Å². The van der Waals surface area contributed by atoms with Crippen LogP contribution in [0.1, 0.15) is 33.1 Å². The number of nitrogens with one attached hydrogen (secondary N) is 3. The number of primary amides is 1. The normalized spacial score (nSPS) is 14.1. The Hall–Kier alpha value is -2.01. The number of hydrogen-bond donors (Lipinski definition) is 6. The standard InChI is InChI=1S/C16H31N5O5S/c1-9(2)12(15(24)25)21-14(23)11(5-4-7-19-16(18)26)20-13(22)10(17)6-8-27-3/h9-12H,4-8,17H2,1-3H3,(H,20,22)(H,21,23)(H,24,25)(H3,18,19,26)/t10-,11-,12-/m0/s1. The molecule has 0 aromatic rings. The Kier molecular flexibility index (Phi) is 12.2. The SMILES string of the molecule is CSCC[C@H](N)C(=O)N[C@@H](CCCNC(N)=O)C(=O)N[C@H](C(=O)O)C(C)C. The molecule has 10 nitrogen and oxygen atoms in total. The van der Waals surface area contributed by atoms with E-state index in [0.717, 1.165) is 0 Å². The predicted molar refractivity (Wildman–Crippen MR) is 104 cm³/mol. The van der Waals surface area contributed by atoms with Crippen LogP contribution in [-0.4, -0.2) is 65.6 Å². The number of thioether (sulfide) groups is 1. The van der Waals surface area contributed by atoms with Crippen molar-refractivity contribution in [1.82, 2.24) is 16.0 Å². The Labute approximate surface area is 163 Å². The molecule has 0 unspecified atom stereocenters. The van der Waals surface area contributed by atoms with Crippen LogP contribution in [0.4, 0.5) is 4.79 Å². The number of carboxylic acids is 1. The fourth-order valence-electron chi connectivity index (χ4n) is 2.21. The predicted octanol–water partition coefficient (Wildman–Crippen LogP) is -0.774. The topological polar surface area (TPSA) is 177 Å². The van der Waals surface area contributed by atoms with Crippen molar-refractivity contribution in [2.45, 2.75) is 51.2 Å². The van der Waals surface area contributed by atoms with Crippen LogP contribution in [0.25, 0.3) is 0 Å². The second-order valence-electron chi connectivity index (χ2n) is 6.45. The molecule has 4 amide bonds. The Morgan fingerprint density at radius 3 is 2.19 bits per heavy atom. The lowest BCUT2D eigenvalue weighted by molar-refractivity contribution is -0.143. The highest BCUT2D eigenvalue weighted by molar-refractivity contribution is 7.98. The smallest absolute Gasteiger partial charge is 0.326 e. The fraction of sp³-hybridized carbons (Fsp3) is 0.750. The van der Waals surface area contributed by atoms with Gasteiger partial charge >= 0.3 is 12.0 Å². The van der Waals surface area contributed by atoms with Crippen molar-refractivity contribution in [3.8, 4) is 0 Å². The van der Waals surface area contributed by atoms with E-state index >= 15 is 0 Å². The molecule has 0 saturated carbocycles. The largest absolute Gasteiger partial charge is 0.480 e. The van der Waals surface area contributed by atoms with E-state index in [4.69, 9.17) is 11.5 Å². The van der Waals surface area contributed by atoms with E-state index in [1.165, 1.54) is 0 Å². The molecule has 0 rings (SSSR count). The van der Waals surface area contributed by atoms with Gasteiger partial charge in [0, 0.05) is 6.54 Å². The molecule has 0 heterocycles. The summed E-state index contributed by atoms with van der Waals surface area (Å²) in [5.74, 6) is -1.88. The molecule has 156 valence electrons. The number of hydrogen-bond acceptors (Lipinski definition) is 6. The van der Waals surface area contributed by atoms with Gasteiger partial charge in [-0.25, -0.2) is 9.59 Å². The molecule has 0 aliphatic rings. The summed E-state index contributed by atoms with van der Waals surface area (Å²) in [6.07, 6.45) is 2.90. The lowest BCUT2D eigenvalue weighted by atomic mass is 10.0. The van der Waals surface area contributed by atoms with Gasteiger partial charge in [-0.05, 0) is 37.2 Å². The zero-order chi connectivity index (χ0) is 21.0. The lowest BCUT2D eigenvalue weighted by Gasteiger charge is -2.24. The van der Waals surface area contributed by atoms with E-state index in [9.17, 15) is 24.3 Å². The van der Waals surface area contributed by atoms with Gasteiger partial charge < -0.3 is 32.5 Å². The first-order valence-electron chi connectivity index (χ1n) is 8.71. The van der Waals surface area contributed by atoms with Gasteiger partial charge in [0.2, 0.25) is 11.8 Å². The van der Waals surface area contributed by atoms with E-state index in [2.05, 4.69) is 16.0 Å². The van der Waals surface area contributed by atoms with Gasteiger partial charge in [0.1, 0.15) is 12.1 Å². The van der Waals surface area contributed by atoms with Gasteiger partial charge in [-0.1, -0.05) is 13.8 Å². The molecule has 0 saturated heterocycles. The number of carbonyl (C=O) groups excluding carboxylic acids is 3. The lowest BCUT2D eigenvalue weighted by Crippen LogP contribution is -2.55. The summed E-state index contributed by atoms with van der Waals surface area (Å²) in [6.45, 7) is 3.56. The average molecular weight is 406 g/mol. The van der Waals surface area contributed by atoms with Crippen LogP contribution in [0.2, 0.25) is 0 Å². The maximum Gasteiger partial charge on any atom is 0.326 e. The minimum absolute atomic E-state index is 0.192. The highest BCUT2D eigenvalue weighted by Gasteiger charge is 2.29. The van der Waals surface area contributed by atoms with Gasteiger partial charge in [-0.2, -0.15) is 11.8 Å². The first-order valence-corrected chi connectivity index (χ1v) is 10.1. The number of carboxylic acid groups (broad SMARTS) is 1. The molecule has 0 bridgehead atoms. The van der Waals surface area contributed by atoms with Gasteiger partial charge in [0.15, 0.2) is 0 Å². The third-order valence-electron chi connectivity index (χ3n) is 3.80. The minimum Gasteiger partial charge on any atom is -0.480 e. The molecule has 0 aliphatic carbocycles. The van der Waals surface area contributed by atoms with E-state index < -0.39 is 41.9 Å². The fourth-order valence-corrected chi connectivity index (χ4v) is 2.70. The molecular formula is C16H31N5O5S. The Bertz CT molecular complexity index is 517. The van der Waals surface area contributed by atoms with Crippen LogP contribution < -0.4 is 27.4 Å². The van der Waals surface area contributed by atoms with Crippen molar-refractivity contribution < 1.29 is 24.3 Å². The maximum atomic E-state index is 12.5. The molecule has 0 aliphatic heterocycles. The summed E-state index contributed by atoms with van der Waals surface area (Å²) in [7, 11) is 0. The highest BCUT2D eigenvalue weighted by Crippen LogP contribution is 2.06. The van der Waals surface area contributed by atoms with E-state index in [0.29, 0.717) is 18.6 Å². The third-order valence-corrected chi connectivity index (χ3v) is 4.45. The van der Waals surface area contributed by atoms with Crippen molar-refractivity contribution in [1.29, 1.82) is 0 Å². The number of urea groups is 1. The van der Waals surface area contributed by atoms with Crippen LogP contribution >= 0.6 is 11.8 Å². The third kappa shape index (κ3) is 10.7. The summed E-state index contributed by atoms with van der Waals surface area (Å²) < 4.78 is 0. The molecular weight excluding hydrogens is 374 g/mol. The summed E-state index contributed by atoms with van der Waals surface area (Å²) in [5.41, 5.74) is 10.8. The number of amides is 4. The Morgan fingerprint density at radius 1 is 1.07 bits per heavy atom. The summed E-state index contributed by atoms with van der Waals surface area (Å²) in [5, 5.41) is 16.6. The Balaban J connectivity index is 4.98. The zero-order valence-corrected chi connectivity index (χ0v) is 16.8. The molecule has 11 heteroatoms. The first-order chi connectivity index (χ1) is 12.6. The molecule has 27 heavy (non-hydrogen) atoms. The van der Waals surface area contributed by atoms with E-state index in [-0.39, 0.29) is 18.9 Å².